The number of phenols is 1. The molecule has 0 bridgehead atoms. The standard InChI is InChI=1S/C21H14O5/c1-25-20(23)17-10-16-15-9-13(12-5-3-2-4-6-12)7-8-14(15)21(24)26-19(16)11-18(17)22/h2-11,22H,1H3. The second-order valence-corrected chi connectivity index (χ2v) is 5.87. The smallest absolute Gasteiger partial charge is 0.344 e. The zero-order chi connectivity index (χ0) is 18.3. The molecule has 5 nitrogen and oxygen atoms in total. The van der Waals surface area contributed by atoms with Gasteiger partial charge in [-0.1, -0.05) is 36.4 Å². The first-order valence-electron chi connectivity index (χ1n) is 7.96. The van der Waals surface area contributed by atoms with Crippen molar-refractivity contribution in [3.63, 3.8) is 0 Å². The van der Waals surface area contributed by atoms with Gasteiger partial charge in [0.2, 0.25) is 0 Å². The first-order valence-corrected chi connectivity index (χ1v) is 7.96. The van der Waals surface area contributed by atoms with E-state index in [1.165, 1.54) is 19.2 Å². The summed E-state index contributed by atoms with van der Waals surface area (Å²) in [5, 5.41) is 11.6. The normalized spacial score (nSPS) is 11.0. The number of fused-ring (bicyclic) bond motifs is 3. The summed E-state index contributed by atoms with van der Waals surface area (Å²) >= 11 is 0. The Labute approximate surface area is 148 Å². The highest BCUT2D eigenvalue weighted by molar-refractivity contribution is 6.09. The summed E-state index contributed by atoms with van der Waals surface area (Å²) in [5.74, 6) is -0.964. The number of esters is 1. The van der Waals surface area contributed by atoms with Crippen molar-refractivity contribution in [1.82, 2.24) is 0 Å². The van der Waals surface area contributed by atoms with Gasteiger partial charge in [-0.2, -0.15) is 0 Å². The summed E-state index contributed by atoms with van der Waals surface area (Å²) in [6.07, 6.45) is 0. The van der Waals surface area contributed by atoms with E-state index in [4.69, 9.17) is 9.15 Å². The van der Waals surface area contributed by atoms with Crippen LogP contribution in [-0.2, 0) is 4.74 Å². The van der Waals surface area contributed by atoms with Crippen molar-refractivity contribution >= 4 is 27.7 Å². The van der Waals surface area contributed by atoms with Crippen LogP contribution in [0.5, 0.6) is 5.75 Å². The fraction of sp³-hybridized carbons (Fsp3) is 0.0476. The molecule has 0 aliphatic rings. The summed E-state index contributed by atoms with van der Waals surface area (Å²) in [5.41, 5.74) is 1.65. The summed E-state index contributed by atoms with van der Waals surface area (Å²) in [6, 6.07) is 17.9. The third kappa shape index (κ3) is 2.50. The van der Waals surface area contributed by atoms with Crippen molar-refractivity contribution in [3.8, 4) is 16.9 Å². The molecule has 1 heterocycles. The lowest BCUT2D eigenvalue weighted by Crippen LogP contribution is -2.04. The minimum Gasteiger partial charge on any atom is -0.507 e. The lowest BCUT2D eigenvalue weighted by Gasteiger charge is -2.09. The van der Waals surface area contributed by atoms with Crippen LogP contribution in [0.25, 0.3) is 32.9 Å². The lowest BCUT2D eigenvalue weighted by atomic mass is 9.99. The van der Waals surface area contributed by atoms with Crippen LogP contribution in [0, 0.1) is 0 Å². The molecule has 0 spiro atoms. The van der Waals surface area contributed by atoms with E-state index in [2.05, 4.69) is 0 Å². The Morgan fingerprint density at radius 2 is 1.69 bits per heavy atom. The Hall–Kier alpha value is -3.60. The molecule has 26 heavy (non-hydrogen) atoms. The molecule has 0 atom stereocenters. The number of hydrogen-bond acceptors (Lipinski definition) is 5. The van der Waals surface area contributed by atoms with Crippen LogP contribution in [-0.4, -0.2) is 18.2 Å². The Morgan fingerprint density at radius 3 is 2.42 bits per heavy atom. The molecule has 0 aliphatic heterocycles. The third-order valence-electron chi connectivity index (χ3n) is 4.34. The molecule has 0 unspecified atom stereocenters. The van der Waals surface area contributed by atoms with Gasteiger partial charge in [-0.05, 0) is 29.3 Å². The number of carbonyl (C=O) groups excluding carboxylic acids is 1. The fourth-order valence-electron chi connectivity index (χ4n) is 3.05. The van der Waals surface area contributed by atoms with Crippen molar-refractivity contribution in [2.24, 2.45) is 0 Å². The lowest BCUT2D eigenvalue weighted by molar-refractivity contribution is 0.0597. The van der Waals surface area contributed by atoms with Crippen LogP contribution in [0.2, 0.25) is 0 Å². The topological polar surface area (TPSA) is 76.7 Å². The van der Waals surface area contributed by atoms with Gasteiger partial charge in [0.05, 0.1) is 12.5 Å². The average molecular weight is 346 g/mol. The number of benzene rings is 3. The molecule has 0 fully saturated rings. The Bertz CT molecular complexity index is 1210. The van der Waals surface area contributed by atoms with E-state index in [9.17, 15) is 14.7 Å². The van der Waals surface area contributed by atoms with E-state index in [1.54, 1.807) is 6.07 Å². The highest BCUT2D eigenvalue weighted by Crippen LogP contribution is 2.32. The summed E-state index contributed by atoms with van der Waals surface area (Å²) in [6.45, 7) is 0. The van der Waals surface area contributed by atoms with Crippen molar-refractivity contribution < 1.29 is 19.1 Å². The number of hydrogen-bond donors (Lipinski definition) is 1. The van der Waals surface area contributed by atoms with E-state index >= 15 is 0 Å². The molecule has 1 aromatic heterocycles. The molecule has 1 N–H and O–H groups in total. The Balaban J connectivity index is 2.08. The van der Waals surface area contributed by atoms with Gasteiger partial charge in [0.15, 0.2) is 0 Å². The molecule has 4 aromatic rings. The van der Waals surface area contributed by atoms with Crippen LogP contribution in [0.15, 0.2) is 69.9 Å². The van der Waals surface area contributed by atoms with Gasteiger partial charge in [-0.25, -0.2) is 9.59 Å². The zero-order valence-electron chi connectivity index (χ0n) is 13.9. The molecular weight excluding hydrogens is 332 g/mol. The van der Waals surface area contributed by atoms with E-state index < -0.39 is 11.6 Å². The zero-order valence-corrected chi connectivity index (χ0v) is 13.9. The summed E-state index contributed by atoms with van der Waals surface area (Å²) in [7, 11) is 1.24. The molecule has 0 saturated carbocycles. The van der Waals surface area contributed by atoms with Crippen LogP contribution in [0.1, 0.15) is 10.4 Å². The highest BCUT2D eigenvalue weighted by Gasteiger charge is 2.17. The number of phenolic OH excluding ortho intramolecular Hbond substituents is 1. The molecule has 0 saturated heterocycles. The molecule has 0 aliphatic carbocycles. The second-order valence-electron chi connectivity index (χ2n) is 5.87. The number of carbonyl (C=O) groups is 1. The van der Waals surface area contributed by atoms with Gasteiger partial charge in [0.25, 0.3) is 0 Å². The van der Waals surface area contributed by atoms with Crippen LogP contribution < -0.4 is 5.63 Å². The predicted molar refractivity (Wildman–Crippen MR) is 98.4 cm³/mol. The molecule has 4 rings (SSSR count). The molecular formula is C21H14O5. The van der Waals surface area contributed by atoms with Crippen molar-refractivity contribution in [2.75, 3.05) is 7.11 Å². The van der Waals surface area contributed by atoms with Crippen molar-refractivity contribution in [3.05, 3.63) is 76.6 Å². The maximum atomic E-state index is 12.3. The van der Waals surface area contributed by atoms with Gasteiger partial charge in [0, 0.05) is 16.8 Å². The Morgan fingerprint density at radius 1 is 0.923 bits per heavy atom. The van der Waals surface area contributed by atoms with E-state index in [0.29, 0.717) is 16.2 Å². The van der Waals surface area contributed by atoms with Crippen LogP contribution in [0.4, 0.5) is 0 Å². The van der Waals surface area contributed by atoms with E-state index in [0.717, 1.165) is 11.1 Å². The van der Waals surface area contributed by atoms with Gasteiger partial charge >= 0.3 is 11.6 Å². The summed E-state index contributed by atoms with van der Waals surface area (Å²) < 4.78 is 10.0. The number of rotatable bonds is 2. The van der Waals surface area contributed by atoms with E-state index in [1.807, 2.05) is 42.5 Å². The maximum Gasteiger partial charge on any atom is 0.344 e. The predicted octanol–water partition coefficient (Wildman–Crippen LogP) is 4.11. The van der Waals surface area contributed by atoms with Gasteiger partial charge in [0.1, 0.15) is 16.9 Å². The van der Waals surface area contributed by atoms with Crippen LogP contribution >= 0.6 is 0 Å². The third-order valence-corrected chi connectivity index (χ3v) is 4.34. The number of methoxy groups -OCH3 is 1. The average Bonchev–Trinajstić information content (AvgIpc) is 2.67. The summed E-state index contributed by atoms with van der Waals surface area (Å²) in [4.78, 5) is 24.2. The monoisotopic (exact) mass is 346 g/mol. The van der Waals surface area contributed by atoms with E-state index in [-0.39, 0.29) is 16.9 Å². The van der Waals surface area contributed by atoms with Gasteiger partial charge < -0.3 is 14.3 Å². The highest BCUT2D eigenvalue weighted by atomic mass is 16.5. The molecule has 0 amide bonds. The molecule has 128 valence electrons. The minimum atomic E-state index is -0.664. The van der Waals surface area contributed by atoms with Gasteiger partial charge in [-0.3, -0.25) is 0 Å². The largest absolute Gasteiger partial charge is 0.507 e. The Kier molecular flexibility index (Phi) is 3.69. The van der Waals surface area contributed by atoms with Crippen molar-refractivity contribution in [2.45, 2.75) is 0 Å². The molecule has 0 radical (unpaired) electrons. The first kappa shape index (κ1) is 15.9. The minimum absolute atomic E-state index is 0.0141. The van der Waals surface area contributed by atoms with Crippen molar-refractivity contribution in [1.29, 1.82) is 0 Å². The van der Waals surface area contributed by atoms with Gasteiger partial charge in [-0.15, -0.1) is 0 Å². The SMILES string of the molecule is COC(=O)c1cc2c(cc1O)oc(=O)c1ccc(-c3ccccc3)cc12. The first-order chi connectivity index (χ1) is 12.6. The quantitative estimate of drug-likeness (QED) is 0.336. The number of ether oxygens (including phenoxy) is 1. The molecule has 5 heteroatoms. The number of aromatic hydroxyl groups is 1. The molecule has 3 aromatic carbocycles. The second kappa shape index (κ2) is 6.04. The van der Waals surface area contributed by atoms with Crippen LogP contribution in [0.3, 0.4) is 0 Å². The fourth-order valence-corrected chi connectivity index (χ4v) is 3.05. The maximum absolute atomic E-state index is 12.3.